The van der Waals surface area contributed by atoms with Gasteiger partial charge in [-0.05, 0) is 12.5 Å². The molecule has 0 bridgehead atoms. The molecule has 0 amide bonds. The summed E-state index contributed by atoms with van der Waals surface area (Å²) in [4.78, 5) is 0. The minimum atomic E-state index is -1.69. The smallest absolute Gasteiger partial charge is 0.402 e. The number of hydrogen-bond acceptors (Lipinski definition) is 3. The highest BCUT2D eigenvalue weighted by Gasteiger charge is 2.07. The van der Waals surface area contributed by atoms with E-state index in [1.807, 2.05) is 31.2 Å². The summed E-state index contributed by atoms with van der Waals surface area (Å²) in [6.07, 6.45) is 0. The highest BCUT2D eigenvalue weighted by atomic mass is 16.6. The van der Waals surface area contributed by atoms with Crippen LogP contribution in [0.3, 0.4) is 0 Å². The zero-order chi connectivity index (χ0) is 8.97. The summed E-state index contributed by atoms with van der Waals surface area (Å²) in [5.41, 5.74) is 2.06. The molecular formula is C8H11BO3. The lowest BCUT2D eigenvalue weighted by molar-refractivity contribution is 0.177. The molecule has 0 saturated carbocycles. The van der Waals surface area contributed by atoms with Crippen LogP contribution in [0.2, 0.25) is 0 Å². The topological polar surface area (TPSA) is 49.7 Å². The molecule has 1 rings (SSSR count). The van der Waals surface area contributed by atoms with Gasteiger partial charge in [-0.1, -0.05) is 29.8 Å². The number of benzene rings is 1. The molecule has 3 nitrogen and oxygen atoms in total. The Morgan fingerprint density at radius 2 is 2.17 bits per heavy atom. The van der Waals surface area contributed by atoms with Crippen molar-refractivity contribution in [1.82, 2.24) is 0 Å². The third-order valence-corrected chi connectivity index (χ3v) is 1.48. The van der Waals surface area contributed by atoms with Crippen LogP contribution in [-0.2, 0) is 11.3 Å². The van der Waals surface area contributed by atoms with E-state index in [2.05, 4.69) is 4.65 Å². The molecular weight excluding hydrogens is 155 g/mol. The number of hydrogen-bond donors (Lipinski definition) is 2. The van der Waals surface area contributed by atoms with Crippen LogP contribution in [-0.4, -0.2) is 17.4 Å². The quantitative estimate of drug-likeness (QED) is 0.642. The summed E-state index contributed by atoms with van der Waals surface area (Å²) >= 11 is 0. The molecule has 0 spiro atoms. The first-order valence-electron chi connectivity index (χ1n) is 3.72. The maximum absolute atomic E-state index is 8.42. The Labute approximate surface area is 71.8 Å². The van der Waals surface area contributed by atoms with Crippen LogP contribution in [0.4, 0.5) is 0 Å². The van der Waals surface area contributed by atoms with Crippen LogP contribution in [0.25, 0.3) is 0 Å². The van der Waals surface area contributed by atoms with Gasteiger partial charge in [0.25, 0.3) is 0 Å². The molecule has 0 aliphatic heterocycles. The van der Waals surface area contributed by atoms with Crippen molar-refractivity contribution in [2.75, 3.05) is 0 Å². The maximum Gasteiger partial charge on any atom is 0.634 e. The average molecular weight is 166 g/mol. The Hall–Kier alpha value is -0.835. The van der Waals surface area contributed by atoms with Gasteiger partial charge in [0.1, 0.15) is 0 Å². The first-order chi connectivity index (χ1) is 5.68. The van der Waals surface area contributed by atoms with Crippen molar-refractivity contribution >= 4 is 7.32 Å². The lowest BCUT2D eigenvalue weighted by Crippen LogP contribution is -2.16. The van der Waals surface area contributed by atoms with Crippen LogP contribution in [0.5, 0.6) is 0 Å². The number of rotatable bonds is 3. The van der Waals surface area contributed by atoms with Crippen LogP contribution in [0.15, 0.2) is 24.3 Å². The van der Waals surface area contributed by atoms with Gasteiger partial charge in [0.2, 0.25) is 0 Å². The van der Waals surface area contributed by atoms with E-state index < -0.39 is 7.32 Å². The zero-order valence-corrected chi connectivity index (χ0v) is 6.90. The van der Waals surface area contributed by atoms with Gasteiger partial charge in [-0.3, -0.25) is 0 Å². The SMILES string of the molecule is Cc1cccc(COB(O)O)c1. The van der Waals surface area contributed by atoms with Gasteiger partial charge in [-0.15, -0.1) is 0 Å². The summed E-state index contributed by atoms with van der Waals surface area (Å²) in [5, 5.41) is 16.8. The second-order valence-electron chi connectivity index (χ2n) is 2.63. The predicted octanol–water partition coefficient (Wildman–Crippen LogP) is 0.481. The first kappa shape index (κ1) is 9.25. The molecule has 0 aliphatic rings. The maximum atomic E-state index is 8.42. The standard InChI is InChI=1S/C8H11BO3/c1-7-3-2-4-8(5-7)6-12-9(10)11/h2-5,10-11H,6H2,1H3. The summed E-state index contributed by atoms with van der Waals surface area (Å²) < 4.78 is 4.59. The van der Waals surface area contributed by atoms with E-state index in [9.17, 15) is 0 Å². The Morgan fingerprint density at radius 1 is 1.42 bits per heavy atom. The van der Waals surface area contributed by atoms with Gasteiger partial charge in [-0.2, -0.15) is 0 Å². The van der Waals surface area contributed by atoms with Crippen molar-refractivity contribution in [2.24, 2.45) is 0 Å². The normalized spacial score (nSPS) is 9.92. The van der Waals surface area contributed by atoms with Crippen LogP contribution >= 0.6 is 0 Å². The fraction of sp³-hybridized carbons (Fsp3) is 0.250. The molecule has 0 aromatic heterocycles. The van der Waals surface area contributed by atoms with Crippen molar-refractivity contribution in [3.8, 4) is 0 Å². The van der Waals surface area contributed by atoms with Crippen molar-refractivity contribution in [2.45, 2.75) is 13.5 Å². The van der Waals surface area contributed by atoms with Crippen LogP contribution in [0, 0.1) is 6.92 Å². The molecule has 2 N–H and O–H groups in total. The highest BCUT2D eigenvalue weighted by molar-refractivity contribution is 6.32. The fourth-order valence-electron chi connectivity index (χ4n) is 0.973. The Kier molecular flexibility index (Phi) is 3.28. The van der Waals surface area contributed by atoms with E-state index in [0.717, 1.165) is 11.1 Å². The van der Waals surface area contributed by atoms with E-state index in [1.54, 1.807) is 0 Å². The molecule has 0 aliphatic carbocycles. The minimum Gasteiger partial charge on any atom is -0.402 e. The molecule has 1 aromatic carbocycles. The predicted molar refractivity (Wildman–Crippen MR) is 46.2 cm³/mol. The molecule has 0 saturated heterocycles. The van der Waals surface area contributed by atoms with Gasteiger partial charge in [0.05, 0.1) is 6.61 Å². The van der Waals surface area contributed by atoms with Crippen molar-refractivity contribution in [1.29, 1.82) is 0 Å². The third kappa shape index (κ3) is 3.05. The van der Waals surface area contributed by atoms with E-state index in [1.165, 1.54) is 0 Å². The van der Waals surface area contributed by atoms with E-state index in [-0.39, 0.29) is 6.61 Å². The van der Waals surface area contributed by atoms with Gasteiger partial charge in [0.15, 0.2) is 0 Å². The largest absolute Gasteiger partial charge is 0.634 e. The lowest BCUT2D eigenvalue weighted by atomic mass is 10.1. The van der Waals surface area contributed by atoms with E-state index in [4.69, 9.17) is 10.0 Å². The Bertz CT molecular complexity index is 250. The van der Waals surface area contributed by atoms with E-state index in [0.29, 0.717) is 0 Å². The van der Waals surface area contributed by atoms with Crippen molar-refractivity contribution in [3.05, 3.63) is 35.4 Å². The fourth-order valence-corrected chi connectivity index (χ4v) is 0.973. The monoisotopic (exact) mass is 166 g/mol. The second-order valence-corrected chi connectivity index (χ2v) is 2.63. The summed E-state index contributed by atoms with van der Waals surface area (Å²) in [6.45, 7) is 2.19. The van der Waals surface area contributed by atoms with Crippen LogP contribution in [0.1, 0.15) is 11.1 Å². The Morgan fingerprint density at radius 3 is 2.75 bits per heavy atom. The van der Waals surface area contributed by atoms with Crippen molar-refractivity contribution in [3.63, 3.8) is 0 Å². The molecule has 64 valence electrons. The van der Waals surface area contributed by atoms with Crippen LogP contribution < -0.4 is 0 Å². The highest BCUT2D eigenvalue weighted by Crippen LogP contribution is 2.04. The minimum absolute atomic E-state index is 0.222. The molecule has 0 atom stereocenters. The van der Waals surface area contributed by atoms with E-state index >= 15 is 0 Å². The second kappa shape index (κ2) is 4.26. The molecule has 0 unspecified atom stereocenters. The van der Waals surface area contributed by atoms with Gasteiger partial charge < -0.3 is 14.7 Å². The van der Waals surface area contributed by atoms with Crippen molar-refractivity contribution < 1.29 is 14.7 Å². The molecule has 0 fully saturated rings. The molecule has 0 radical (unpaired) electrons. The summed E-state index contributed by atoms with van der Waals surface area (Å²) in [7, 11) is -1.69. The Balaban J connectivity index is 2.52. The molecule has 4 heteroatoms. The first-order valence-corrected chi connectivity index (χ1v) is 3.72. The summed E-state index contributed by atoms with van der Waals surface area (Å²) in [5.74, 6) is 0. The molecule has 1 aromatic rings. The average Bonchev–Trinajstić information content (AvgIpc) is 2.01. The number of aryl methyl sites for hydroxylation is 1. The van der Waals surface area contributed by atoms with Gasteiger partial charge >= 0.3 is 7.32 Å². The van der Waals surface area contributed by atoms with Gasteiger partial charge in [-0.25, -0.2) is 0 Å². The van der Waals surface area contributed by atoms with Gasteiger partial charge in [0, 0.05) is 0 Å². The third-order valence-electron chi connectivity index (χ3n) is 1.48. The lowest BCUT2D eigenvalue weighted by Gasteiger charge is -2.02. The zero-order valence-electron chi connectivity index (χ0n) is 6.90. The molecule has 12 heavy (non-hydrogen) atoms. The summed E-state index contributed by atoms with van der Waals surface area (Å²) in [6, 6.07) is 7.68. The molecule has 0 heterocycles.